The van der Waals surface area contributed by atoms with Crippen LogP contribution in [0, 0.1) is 5.82 Å². The van der Waals surface area contributed by atoms with Gasteiger partial charge in [0.25, 0.3) is 0 Å². The van der Waals surface area contributed by atoms with Gasteiger partial charge in [-0.2, -0.15) is 18.3 Å². The summed E-state index contributed by atoms with van der Waals surface area (Å²) in [6.07, 6.45) is -5.64. The Hall–Kier alpha value is -2.92. The van der Waals surface area contributed by atoms with E-state index in [0.717, 1.165) is 6.07 Å². The first-order chi connectivity index (χ1) is 16.7. The van der Waals surface area contributed by atoms with Gasteiger partial charge in [-0.3, -0.25) is 4.68 Å². The van der Waals surface area contributed by atoms with E-state index in [9.17, 15) is 27.5 Å². The average Bonchev–Trinajstić information content (AvgIpc) is 3.29. The number of aromatic nitrogens is 3. The third kappa shape index (κ3) is 4.63. The van der Waals surface area contributed by atoms with Crippen molar-refractivity contribution >= 4 is 17.6 Å². The lowest BCUT2D eigenvalue weighted by Gasteiger charge is -2.18. The Labute approximate surface area is 191 Å². The fourth-order valence-electron chi connectivity index (χ4n) is 2.78. The van der Waals surface area contributed by atoms with Crippen molar-refractivity contribution in [1.82, 2.24) is 14.9 Å². The number of hydrogen-bond donors (Lipinski definition) is 1. The van der Waals surface area contributed by atoms with Crippen LogP contribution in [-0.2, 0) is 17.4 Å². The van der Waals surface area contributed by atoms with Crippen LogP contribution < -0.4 is 0 Å². The maximum atomic E-state index is 14.6. The number of nitrogens with zero attached hydrogens (tertiary/aromatic N) is 3. The van der Waals surface area contributed by atoms with E-state index < -0.39 is 77.4 Å². The number of ether oxygens (including phenoxy) is 1. The van der Waals surface area contributed by atoms with Crippen molar-refractivity contribution in [2.45, 2.75) is 38.5 Å². The summed E-state index contributed by atoms with van der Waals surface area (Å²) in [5, 5.41) is 16.6. The number of hydrogen-bond acceptors (Lipinski definition) is 6. The molecule has 12 heteroatoms. The number of aliphatic hydroxyl groups is 1. The van der Waals surface area contributed by atoms with Crippen LogP contribution >= 0.6 is 11.6 Å². The fourth-order valence-corrected chi connectivity index (χ4v) is 3.04. The van der Waals surface area contributed by atoms with Crippen molar-refractivity contribution < 1.29 is 43.6 Å². The molecule has 0 saturated carbocycles. The molecule has 1 N–H and O–H groups in total. The van der Waals surface area contributed by atoms with Crippen LogP contribution in [0.25, 0.3) is 22.6 Å². The Kier molecular flexibility index (Phi) is 4.71. The summed E-state index contributed by atoms with van der Waals surface area (Å²) < 4.78 is 104. The van der Waals surface area contributed by atoms with Crippen molar-refractivity contribution in [2.24, 2.45) is 0 Å². The number of alkyl halides is 3. The van der Waals surface area contributed by atoms with Crippen LogP contribution in [-0.4, -0.2) is 38.7 Å². The summed E-state index contributed by atoms with van der Waals surface area (Å²) in [7, 11) is -3.36. The number of halogens is 5. The summed E-state index contributed by atoms with van der Waals surface area (Å²) in [6.45, 7) is -0.559. The zero-order chi connectivity index (χ0) is 28.1. The zero-order valence-corrected chi connectivity index (χ0v) is 17.2. The minimum Gasteiger partial charge on any atom is -0.465 e. The molecule has 0 aliphatic rings. The fraction of sp³-hybridized carbons (Fsp3) is 0.350. The molecule has 2 heterocycles. The van der Waals surface area contributed by atoms with E-state index in [1.165, 1.54) is 26.0 Å². The summed E-state index contributed by atoms with van der Waals surface area (Å²) in [4.78, 5) is 12.8. The molecule has 172 valence electrons. The van der Waals surface area contributed by atoms with Gasteiger partial charge in [0.05, 0.1) is 41.8 Å². The smallest absolute Gasteiger partial charge is 0.433 e. The van der Waals surface area contributed by atoms with Gasteiger partial charge < -0.3 is 14.4 Å². The maximum Gasteiger partial charge on any atom is 0.433 e. The number of methoxy groups -OCH3 is 1. The third-order valence-electron chi connectivity index (χ3n) is 4.13. The molecule has 0 amide bonds. The Balaban J connectivity index is 2.35. The molecule has 7 nitrogen and oxygen atoms in total. The molecule has 32 heavy (non-hydrogen) atoms. The third-order valence-corrected chi connectivity index (χ3v) is 4.45. The molecule has 3 aromatic rings. The molecular weight excluding hydrogens is 458 g/mol. The minimum absolute atomic E-state index is 0.0581. The van der Waals surface area contributed by atoms with Crippen LogP contribution in [0.1, 0.15) is 43.2 Å². The molecule has 0 unspecified atom stereocenters. The van der Waals surface area contributed by atoms with Crippen LogP contribution in [0.15, 0.2) is 28.9 Å². The van der Waals surface area contributed by atoms with Gasteiger partial charge in [0.15, 0.2) is 11.5 Å². The number of esters is 1. The van der Waals surface area contributed by atoms with E-state index in [-0.39, 0.29) is 9.70 Å². The van der Waals surface area contributed by atoms with Crippen LogP contribution in [0.2, 0.25) is 5.02 Å². The van der Waals surface area contributed by atoms with Gasteiger partial charge in [0, 0.05) is 6.50 Å². The first kappa shape index (κ1) is 17.6. The second-order valence-electron chi connectivity index (χ2n) is 7.19. The lowest BCUT2D eigenvalue weighted by atomic mass is 10.0. The average molecular weight is 481 g/mol. The summed E-state index contributed by atoms with van der Waals surface area (Å²) in [6, 6.07) is 3.27. The van der Waals surface area contributed by atoms with E-state index >= 15 is 0 Å². The van der Waals surface area contributed by atoms with Gasteiger partial charge in [-0.15, -0.1) is 0 Å². The first-order valence-electron chi connectivity index (χ1n) is 11.3. The molecule has 0 atom stereocenters. The molecule has 0 aliphatic heterocycles. The molecule has 1 aromatic carbocycles. The van der Waals surface area contributed by atoms with Crippen LogP contribution in [0.3, 0.4) is 0 Å². The van der Waals surface area contributed by atoms with E-state index in [1.54, 1.807) is 0 Å². The van der Waals surface area contributed by atoms with Crippen molar-refractivity contribution in [3.63, 3.8) is 0 Å². The highest BCUT2D eigenvalue weighted by molar-refractivity contribution is 6.33. The largest absolute Gasteiger partial charge is 0.465 e. The molecular formula is C20H18ClF4N3O4. The number of aryl methyl sites for hydroxylation is 1. The monoisotopic (exact) mass is 480 g/mol. The van der Waals surface area contributed by atoms with Crippen molar-refractivity contribution in [1.29, 1.82) is 0 Å². The highest BCUT2D eigenvalue weighted by Gasteiger charge is 2.42. The number of benzene rings is 1. The maximum absolute atomic E-state index is 14.6. The number of carbonyl (C=O) groups excluding carboxylic acids is 1. The number of rotatable bonds is 6. The van der Waals surface area contributed by atoms with E-state index in [1.807, 2.05) is 0 Å². The summed E-state index contributed by atoms with van der Waals surface area (Å²) in [5.74, 6) is -3.84. The predicted molar refractivity (Wildman–Crippen MR) is 105 cm³/mol. The second kappa shape index (κ2) is 8.55. The molecule has 0 aliphatic carbocycles. The minimum atomic E-state index is -5.31. The van der Waals surface area contributed by atoms with Gasteiger partial charge in [0.2, 0.25) is 0 Å². The van der Waals surface area contributed by atoms with Crippen LogP contribution in [0.4, 0.5) is 17.6 Å². The normalized spacial score (nSPS) is 15.4. The van der Waals surface area contributed by atoms with Gasteiger partial charge in [-0.1, -0.05) is 22.8 Å². The SMILES string of the molecule is [2H]C([2H])([2H])OC(=O)c1c(-c2c(F)cccc2Cl)noc1-c1cnn(C([2H])([2H])CC(C)(C)O)c1C(F)(F)F. The topological polar surface area (TPSA) is 90.4 Å². The number of carbonyl (C=O) groups is 1. The van der Waals surface area contributed by atoms with E-state index in [4.69, 9.17) is 23.0 Å². The highest BCUT2D eigenvalue weighted by atomic mass is 35.5. The second-order valence-corrected chi connectivity index (χ2v) is 7.59. The molecule has 0 spiro atoms. The highest BCUT2D eigenvalue weighted by Crippen LogP contribution is 2.42. The molecule has 0 bridgehead atoms. The van der Waals surface area contributed by atoms with Gasteiger partial charge in [-0.25, -0.2) is 9.18 Å². The van der Waals surface area contributed by atoms with E-state index in [0.29, 0.717) is 6.20 Å². The Morgan fingerprint density at radius 3 is 2.72 bits per heavy atom. The molecule has 0 radical (unpaired) electrons. The van der Waals surface area contributed by atoms with Crippen molar-refractivity contribution in [3.05, 3.63) is 46.5 Å². The summed E-state index contributed by atoms with van der Waals surface area (Å²) >= 11 is 6.00. The van der Waals surface area contributed by atoms with Crippen molar-refractivity contribution in [2.75, 3.05) is 7.04 Å². The predicted octanol–water partition coefficient (Wildman–Crippen LogP) is 4.96. The van der Waals surface area contributed by atoms with Crippen LogP contribution in [0.5, 0.6) is 0 Å². The molecule has 0 fully saturated rings. The Morgan fingerprint density at radius 2 is 2.12 bits per heavy atom. The molecule has 0 saturated heterocycles. The van der Waals surface area contributed by atoms with E-state index in [2.05, 4.69) is 15.0 Å². The van der Waals surface area contributed by atoms with Gasteiger partial charge in [-0.05, 0) is 32.4 Å². The quantitative estimate of drug-likeness (QED) is 0.396. The lowest BCUT2D eigenvalue weighted by molar-refractivity contribution is -0.144. The zero-order valence-electron chi connectivity index (χ0n) is 21.4. The molecule has 3 rings (SSSR count). The summed E-state index contributed by atoms with van der Waals surface area (Å²) in [5.41, 5.74) is -6.91. The van der Waals surface area contributed by atoms with Crippen molar-refractivity contribution in [3.8, 4) is 22.6 Å². The standard InChI is InChI=1S/C20H18ClF4N3O4/c1-19(2,30)7-8-28-17(20(23,24)25)10(9-26-28)16-14(18(29)31-3)15(27-32-16)13-11(21)5-4-6-12(13)22/h4-6,9,30H,7-8H2,1-3H3/i3D3,8D2. The lowest BCUT2D eigenvalue weighted by Crippen LogP contribution is -2.24. The first-order valence-corrected chi connectivity index (χ1v) is 9.16. The molecule has 2 aromatic heterocycles. The Morgan fingerprint density at radius 1 is 1.41 bits per heavy atom. The van der Waals surface area contributed by atoms with Gasteiger partial charge >= 0.3 is 12.1 Å². The Bertz CT molecular complexity index is 1310. The van der Waals surface area contributed by atoms with Gasteiger partial charge in [0.1, 0.15) is 17.1 Å².